The smallest absolute Gasteiger partial charge is 0.153 e. The van der Waals surface area contributed by atoms with Crippen LogP contribution < -0.4 is 4.74 Å². The van der Waals surface area contributed by atoms with Gasteiger partial charge in [0.15, 0.2) is 9.84 Å². The number of aliphatic hydroxyl groups excluding tert-OH is 1. The molecule has 0 fully saturated rings. The SMILES string of the molecule is CCS(=O)(=O)CCOc1c(Cl)cc(Cl)cc1CO. The van der Waals surface area contributed by atoms with E-state index >= 15 is 0 Å². The van der Waals surface area contributed by atoms with Gasteiger partial charge in [-0.25, -0.2) is 8.42 Å². The second kappa shape index (κ2) is 6.61. The molecule has 0 spiro atoms. The first-order valence-electron chi connectivity index (χ1n) is 5.31. The van der Waals surface area contributed by atoms with Gasteiger partial charge in [-0.3, -0.25) is 0 Å². The fourth-order valence-corrected chi connectivity index (χ4v) is 2.52. The van der Waals surface area contributed by atoms with Crippen LogP contribution in [0.5, 0.6) is 5.75 Å². The normalized spacial score (nSPS) is 11.6. The molecule has 0 aliphatic heterocycles. The van der Waals surface area contributed by atoms with E-state index in [1.165, 1.54) is 12.1 Å². The molecule has 0 saturated heterocycles. The van der Waals surface area contributed by atoms with Crippen molar-refractivity contribution >= 4 is 33.0 Å². The Morgan fingerprint density at radius 3 is 2.56 bits per heavy atom. The number of ether oxygens (including phenoxy) is 1. The predicted octanol–water partition coefficient (Wildman–Crippen LogP) is 2.30. The van der Waals surface area contributed by atoms with Crippen molar-refractivity contribution in [3.63, 3.8) is 0 Å². The number of sulfone groups is 1. The van der Waals surface area contributed by atoms with E-state index in [-0.39, 0.29) is 35.5 Å². The van der Waals surface area contributed by atoms with Crippen LogP contribution in [0.3, 0.4) is 0 Å². The van der Waals surface area contributed by atoms with E-state index in [4.69, 9.17) is 33.0 Å². The molecule has 0 aromatic heterocycles. The molecule has 0 aliphatic carbocycles. The first-order chi connectivity index (χ1) is 8.39. The van der Waals surface area contributed by atoms with Gasteiger partial charge < -0.3 is 9.84 Å². The maximum atomic E-state index is 11.3. The number of benzene rings is 1. The number of hydrogen-bond acceptors (Lipinski definition) is 4. The molecule has 18 heavy (non-hydrogen) atoms. The standard InChI is InChI=1S/C11H14Cl2O4S/c1-2-18(15,16)4-3-17-11-8(7-14)5-9(12)6-10(11)13/h5-6,14H,2-4,7H2,1H3. The molecule has 0 heterocycles. The number of rotatable bonds is 6. The largest absolute Gasteiger partial charge is 0.491 e. The van der Waals surface area contributed by atoms with Crippen LogP contribution in [0.4, 0.5) is 0 Å². The van der Waals surface area contributed by atoms with Crippen LogP contribution in [-0.2, 0) is 16.4 Å². The molecule has 1 aromatic carbocycles. The van der Waals surface area contributed by atoms with E-state index in [1.54, 1.807) is 6.92 Å². The van der Waals surface area contributed by atoms with Gasteiger partial charge in [-0.2, -0.15) is 0 Å². The van der Waals surface area contributed by atoms with Crippen molar-refractivity contribution in [1.82, 2.24) is 0 Å². The van der Waals surface area contributed by atoms with E-state index in [9.17, 15) is 8.42 Å². The summed E-state index contributed by atoms with van der Waals surface area (Å²) >= 11 is 11.7. The maximum Gasteiger partial charge on any atom is 0.153 e. The minimum absolute atomic E-state index is 0.00940. The van der Waals surface area contributed by atoms with Crippen molar-refractivity contribution in [2.45, 2.75) is 13.5 Å². The third kappa shape index (κ3) is 4.31. The lowest BCUT2D eigenvalue weighted by Crippen LogP contribution is -2.16. The molecule has 0 saturated carbocycles. The Labute approximate surface area is 116 Å². The number of hydrogen-bond donors (Lipinski definition) is 1. The molecule has 0 amide bonds. The van der Waals surface area contributed by atoms with Crippen molar-refractivity contribution in [3.05, 3.63) is 27.7 Å². The van der Waals surface area contributed by atoms with Gasteiger partial charge in [-0.1, -0.05) is 30.1 Å². The van der Waals surface area contributed by atoms with E-state index < -0.39 is 9.84 Å². The van der Waals surface area contributed by atoms with Crippen LogP contribution in [0.25, 0.3) is 0 Å². The molecule has 0 atom stereocenters. The number of aliphatic hydroxyl groups is 1. The van der Waals surface area contributed by atoms with Crippen LogP contribution in [0.2, 0.25) is 10.0 Å². The Balaban J connectivity index is 2.79. The van der Waals surface area contributed by atoms with Gasteiger partial charge in [0.05, 0.1) is 17.4 Å². The summed E-state index contributed by atoms with van der Waals surface area (Å²) in [4.78, 5) is 0. The summed E-state index contributed by atoms with van der Waals surface area (Å²) in [6.07, 6.45) is 0. The summed E-state index contributed by atoms with van der Waals surface area (Å²) in [5.74, 6) is 0.250. The molecule has 0 bridgehead atoms. The molecular weight excluding hydrogens is 299 g/mol. The third-order valence-electron chi connectivity index (χ3n) is 2.34. The molecule has 0 aliphatic rings. The summed E-state index contributed by atoms with van der Waals surface area (Å²) in [6.45, 7) is 1.28. The molecule has 1 rings (SSSR count). The summed E-state index contributed by atoms with van der Waals surface area (Å²) in [5, 5.41) is 9.79. The van der Waals surface area contributed by atoms with Crippen molar-refractivity contribution in [3.8, 4) is 5.75 Å². The zero-order valence-corrected chi connectivity index (χ0v) is 12.1. The zero-order chi connectivity index (χ0) is 13.8. The average Bonchev–Trinajstić information content (AvgIpc) is 2.31. The fourth-order valence-electron chi connectivity index (χ4n) is 1.31. The van der Waals surface area contributed by atoms with Crippen molar-refractivity contribution in [1.29, 1.82) is 0 Å². The summed E-state index contributed by atoms with van der Waals surface area (Å²) < 4.78 is 27.9. The van der Waals surface area contributed by atoms with Crippen LogP contribution in [-0.4, -0.2) is 31.6 Å². The monoisotopic (exact) mass is 312 g/mol. The average molecular weight is 313 g/mol. The predicted molar refractivity (Wildman–Crippen MR) is 72.2 cm³/mol. The van der Waals surface area contributed by atoms with Gasteiger partial charge in [0, 0.05) is 16.3 Å². The van der Waals surface area contributed by atoms with E-state index in [0.717, 1.165) is 0 Å². The second-order valence-corrected chi connectivity index (χ2v) is 6.94. The molecule has 102 valence electrons. The van der Waals surface area contributed by atoms with Crippen molar-refractivity contribution in [2.24, 2.45) is 0 Å². The van der Waals surface area contributed by atoms with Gasteiger partial charge >= 0.3 is 0 Å². The molecule has 7 heteroatoms. The quantitative estimate of drug-likeness (QED) is 0.875. The van der Waals surface area contributed by atoms with Gasteiger partial charge in [-0.15, -0.1) is 0 Å². The minimum atomic E-state index is -3.09. The molecule has 0 radical (unpaired) electrons. The van der Waals surface area contributed by atoms with Gasteiger partial charge in [0.1, 0.15) is 12.4 Å². The molecule has 1 aromatic rings. The van der Waals surface area contributed by atoms with Gasteiger partial charge in [0.2, 0.25) is 0 Å². The summed E-state index contributed by atoms with van der Waals surface area (Å²) in [6, 6.07) is 3.00. The highest BCUT2D eigenvalue weighted by atomic mass is 35.5. The van der Waals surface area contributed by atoms with Crippen molar-refractivity contribution < 1.29 is 18.3 Å². The lowest BCUT2D eigenvalue weighted by atomic mass is 10.2. The Bertz CT molecular complexity index is 514. The molecule has 4 nitrogen and oxygen atoms in total. The first kappa shape index (κ1) is 15.6. The summed E-state index contributed by atoms with van der Waals surface area (Å²) in [5.41, 5.74) is 0.432. The van der Waals surface area contributed by atoms with E-state index in [1.807, 2.05) is 0 Å². The van der Waals surface area contributed by atoms with Crippen LogP contribution in [0, 0.1) is 0 Å². The van der Waals surface area contributed by atoms with Crippen LogP contribution >= 0.6 is 23.2 Å². The summed E-state index contributed by atoms with van der Waals surface area (Å²) in [7, 11) is -3.09. The Morgan fingerprint density at radius 1 is 1.33 bits per heavy atom. The molecular formula is C11H14Cl2O4S. The van der Waals surface area contributed by atoms with E-state index in [0.29, 0.717) is 10.6 Å². The highest BCUT2D eigenvalue weighted by molar-refractivity contribution is 7.91. The first-order valence-corrected chi connectivity index (χ1v) is 7.89. The Morgan fingerprint density at radius 2 is 2.00 bits per heavy atom. The molecule has 0 unspecified atom stereocenters. The highest BCUT2D eigenvalue weighted by Crippen LogP contribution is 2.32. The zero-order valence-electron chi connectivity index (χ0n) is 9.82. The molecule has 1 N–H and O–H groups in total. The lowest BCUT2D eigenvalue weighted by Gasteiger charge is -2.12. The van der Waals surface area contributed by atoms with Crippen molar-refractivity contribution in [2.75, 3.05) is 18.1 Å². The fraction of sp³-hybridized carbons (Fsp3) is 0.455. The topological polar surface area (TPSA) is 63.6 Å². The Kier molecular flexibility index (Phi) is 5.72. The van der Waals surface area contributed by atoms with Crippen LogP contribution in [0.1, 0.15) is 12.5 Å². The maximum absolute atomic E-state index is 11.3. The third-order valence-corrected chi connectivity index (χ3v) is 4.50. The van der Waals surface area contributed by atoms with Crippen LogP contribution in [0.15, 0.2) is 12.1 Å². The lowest BCUT2D eigenvalue weighted by molar-refractivity contribution is 0.267. The van der Waals surface area contributed by atoms with E-state index in [2.05, 4.69) is 0 Å². The van der Waals surface area contributed by atoms with Gasteiger partial charge in [0.25, 0.3) is 0 Å². The highest BCUT2D eigenvalue weighted by Gasteiger charge is 2.12. The number of halogens is 2. The van der Waals surface area contributed by atoms with Gasteiger partial charge in [-0.05, 0) is 12.1 Å². The second-order valence-electron chi connectivity index (χ2n) is 3.62. The Hall–Kier alpha value is -0.490. The minimum Gasteiger partial charge on any atom is -0.491 e.